The molecular formula is C52H68N6O14S4. The minimum Gasteiger partial charge on any atom is -0.481 e. The topological polar surface area (TPSA) is 324 Å². The second-order valence-corrected chi connectivity index (χ2v) is 23.1. The number of hydrogen-bond acceptors (Lipinski definition) is 14. The van der Waals surface area contributed by atoms with E-state index < -0.39 is 120 Å². The fourth-order valence-electron chi connectivity index (χ4n) is 7.68. The number of carbonyl (C=O) groups excluding carboxylic acids is 6. The largest absolute Gasteiger partial charge is 0.481 e. The van der Waals surface area contributed by atoms with Crippen LogP contribution < -0.4 is 31.9 Å². The highest BCUT2D eigenvalue weighted by Crippen LogP contribution is 2.43. The maximum Gasteiger partial charge on any atom is 0.326 e. The molecular weight excluding hydrogens is 1060 g/mol. The van der Waals surface area contributed by atoms with Gasteiger partial charge in [-0.2, -0.15) is 0 Å². The van der Waals surface area contributed by atoms with Gasteiger partial charge in [-0.1, -0.05) is 81.1 Å². The van der Waals surface area contributed by atoms with Crippen molar-refractivity contribution in [1.82, 2.24) is 31.9 Å². The molecule has 76 heavy (non-hydrogen) atoms. The number of rotatable bonds is 31. The molecule has 0 saturated carbocycles. The summed E-state index contributed by atoms with van der Waals surface area (Å²) < 4.78 is 0. The Morgan fingerprint density at radius 1 is 0.382 bits per heavy atom. The smallest absolute Gasteiger partial charge is 0.326 e. The Hall–Kier alpha value is -6.50. The molecule has 0 spiro atoms. The number of carboxylic acid groups (broad SMARTS) is 4. The van der Waals surface area contributed by atoms with Crippen LogP contribution in [-0.4, -0.2) is 116 Å². The van der Waals surface area contributed by atoms with Crippen LogP contribution in [0.15, 0.2) is 48.5 Å². The maximum atomic E-state index is 13.8. The quantitative estimate of drug-likeness (QED) is 0.0239. The highest BCUT2D eigenvalue weighted by Gasteiger charge is 2.36. The molecule has 4 aromatic heterocycles. The van der Waals surface area contributed by atoms with Gasteiger partial charge in [0, 0.05) is 42.1 Å². The predicted molar refractivity (Wildman–Crippen MR) is 291 cm³/mol. The molecule has 0 aliphatic rings. The second-order valence-electron chi connectivity index (χ2n) is 18.7. The molecule has 4 rings (SSSR count). The van der Waals surface area contributed by atoms with E-state index in [9.17, 15) is 58.2 Å². The molecule has 0 fully saturated rings. The van der Waals surface area contributed by atoms with E-state index in [0.717, 1.165) is 29.3 Å². The highest BCUT2D eigenvalue weighted by atomic mass is 32.1. The van der Waals surface area contributed by atoms with Crippen LogP contribution in [0.1, 0.15) is 126 Å². The summed E-state index contributed by atoms with van der Waals surface area (Å²) in [6, 6.07) is 7.41. The molecule has 20 nitrogen and oxygen atoms in total. The lowest BCUT2D eigenvalue weighted by Crippen LogP contribution is -2.58. The zero-order valence-corrected chi connectivity index (χ0v) is 46.8. The van der Waals surface area contributed by atoms with Crippen molar-refractivity contribution in [2.24, 2.45) is 23.7 Å². The van der Waals surface area contributed by atoms with Crippen LogP contribution in [0.5, 0.6) is 0 Å². The summed E-state index contributed by atoms with van der Waals surface area (Å²) in [6.45, 7) is 14.3. The molecule has 0 aliphatic heterocycles. The molecule has 0 bridgehead atoms. The van der Waals surface area contributed by atoms with Crippen molar-refractivity contribution >= 4 is 105 Å². The molecule has 4 heterocycles. The monoisotopic (exact) mass is 1130 g/mol. The maximum absolute atomic E-state index is 13.8. The van der Waals surface area contributed by atoms with E-state index in [-0.39, 0.29) is 24.7 Å². The van der Waals surface area contributed by atoms with Gasteiger partial charge < -0.3 is 52.3 Å². The predicted octanol–water partition coefficient (Wildman–Crippen LogP) is 7.15. The Morgan fingerprint density at radius 3 is 0.895 bits per heavy atom. The van der Waals surface area contributed by atoms with Gasteiger partial charge in [-0.05, 0) is 85.0 Å². The first-order valence-corrected chi connectivity index (χ1v) is 28.3. The lowest BCUT2D eigenvalue weighted by atomic mass is 9.94. The first-order valence-electron chi connectivity index (χ1n) is 25.1. The molecule has 24 heteroatoms. The van der Waals surface area contributed by atoms with Crippen LogP contribution in [0.25, 0.3) is 29.3 Å². The van der Waals surface area contributed by atoms with Crippen molar-refractivity contribution in [2.75, 3.05) is 0 Å². The van der Waals surface area contributed by atoms with E-state index in [0.29, 0.717) is 35.4 Å². The van der Waals surface area contributed by atoms with Crippen molar-refractivity contribution in [3.05, 3.63) is 58.3 Å². The fourth-order valence-corrected chi connectivity index (χ4v) is 11.8. The molecule has 0 saturated heterocycles. The summed E-state index contributed by atoms with van der Waals surface area (Å²) in [5, 5.41) is 53.2. The lowest BCUT2D eigenvalue weighted by molar-refractivity contribution is -0.144. The van der Waals surface area contributed by atoms with Crippen LogP contribution in [0, 0.1) is 23.7 Å². The first kappa shape index (κ1) is 62.0. The van der Waals surface area contributed by atoms with Gasteiger partial charge in [0.05, 0.1) is 9.75 Å². The van der Waals surface area contributed by atoms with Gasteiger partial charge in [-0.15, -0.1) is 45.3 Å². The van der Waals surface area contributed by atoms with Crippen molar-refractivity contribution in [1.29, 1.82) is 0 Å². The van der Waals surface area contributed by atoms with Crippen LogP contribution in [0.2, 0.25) is 0 Å². The molecule has 4 unspecified atom stereocenters. The van der Waals surface area contributed by atoms with Gasteiger partial charge in [-0.25, -0.2) is 9.59 Å². The number of thiophene rings is 4. The van der Waals surface area contributed by atoms with Crippen LogP contribution >= 0.6 is 45.3 Å². The number of nitrogens with one attached hydrogen (secondary N) is 6. The van der Waals surface area contributed by atoms with Crippen molar-refractivity contribution < 1.29 is 68.4 Å². The lowest BCUT2D eigenvalue weighted by Gasteiger charge is -2.29. The zero-order valence-electron chi connectivity index (χ0n) is 43.6. The van der Waals surface area contributed by atoms with Crippen molar-refractivity contribution in [3.63, 3.8) is 0 Å². The van der Waals surface area contributed by atoms with Crippen LogP contribution in [-0.2, 0) is 38.4 Å². The Balaban J connectivity index is 1.44. The molecule has 0 aromatic carbocycles. The van der Waals surface area contributed by atoms with Crippen molar-refractivity contribution in [3.8, 4) is 29.3 Å². The van der Waals surface area contributed by atoms with Crippen LogP contribution in [0.3, 0.4) is 0 Å². The number of carbonyl (C=O) groups is 10. The molecule has 0 radical (unpaired) electrons. The fraction of sp³-hybridized carbons (Fsp3) is 0.500. The summed E-state index contributed by atoms with van der Waals surface area (Å²) in [4.78, 5) is 134. The van der Waals surface area contributed by atoms with Crippen LogP contribution in [0.4, 0.5) is 0 Å². The SMILES string of the molecule is CCC(C)[C@H](NC(=O)c1ccc(-c2ccc(-c3ccc(-c4ccc(C(=O)N[C@H](C(=O)N[C@H](C(=O)N[C@@H](CCC(=O)O)C(=O)O)C(C)CC)C(C)CC)s4)s3)s2)s1)C(=O)N[C@H](C(=O)N[C@@H](CCC(=O)O)C(=O)O)C(C)CC. The normalized spacial score (nSPS) is 15.2. The second kappa shape index (κ2) is 29.1. The summed E-state index contributed by atoms with van der Waals surface area (Å²) in [5.41, 5.74) is 0. The Kier molecular flexibility index (Phi) is 23.8. The van der Waals surface area contributed by atoms with E-state index in [2.05, 4.69) is 31.9 Å². The number of hydrogen-bond donors (Lipinski definition) is 10. The van der Waals surface area contributed by atoms with E-state index >= 15 is 0 Å². The van der Waals surface area contributed by atoms with Gasteiger partial charge in [-0.3, -0.25) is 38.4 Å². The molecule has 6 amide bonds. The minimum absolute atomic E-state index is 0.345. The summed E-state index contributed by atoms with van der Waals surface area (Å²) in [7, 11) is 0. The van der Waals surface area contributed by atoms with Gasteiger partial charge in [0.15, 0.2) is 0 Å². The third-order valence-corrected chi connectivity index (χ3v) is 18.2. The Bertz CT molecular complexity index is 2530. The molecule has 0 aliphatic carbocycles. The number of aliphatic carboxylic acids is 4. The molecule has 10 N–H and O–H groups in total. The standard InChI is InChI=1S/C52H68N6O14S4/c1-9-25(5)41(47(65)53-29(51(69)70)13-23-39(59)60)57-49(67)43(27(7)11-3)55-45(63)37-21-19-35(75-37)33-17-15-31(73-33)32-16-18-34(74-32)36-20-22-38(76-36)46(64)56-44(28(8)12-4)50(68)58-42(26(6)10-2)48(66)54-30(52(71)72)14-24-40(61)62/h15-22,25-30,41-44H,9-14,23-24H2,1-8H3,(H,53,65)(H,54,66)(H,55,63)(H,56,64)(H,57,67)(H,58,68)(H,59,60)(H,61,62)(H,69,70)(H,71,72)/t25?,26?,27?,28?,29-,30-,41-,42-,43-,44-/m0/s1. The highest BCUT2D eigenvalue weighted by molar-refractivity contribution is 7.29. The van der Waals surface area contributed by atoms with Crippen molar-refractivity contribution in [2.45, 2.75) is 143 Å². The van der Waals surface area contributed by atoms with Gasteiger partial charge in [0.2, 0.25) is 23.6 Å². The molecule has 414 valence electrons. The zero-order chi connectivity index (χ0) is 56.6. The van der Waals surface area contributed by atoms with E-state index in [4.69, 9.17) is 10.2 Å². The first-order chi connectivity index (χ1) is 35.9. The minimum atomic E-state index is -1.48. The Morgan fingerprint density at radius 2 is 0.632 bits per heavy atom. The number of amides is 6. The van der Waals surface area contributed by atoms with Gasteiger partial charge in [0.25, 0.3) is 11.8 Å². The van der Waals surface area contributed by atoms with Gasteiger partial charge in [0.1, 0.15) is 36.3 Å². The summed E-state index contributed by atoms with van der Waals surface area (Å²) in [5.74, 6) is -10.7. The Labute approximate surface area is 456 Å². The molecule has 10 atom stereocenters. The summed E-state index contributed by atoms with van der Waals surface area (Å²) in [6.07, 6.45) is 0.220. The summed E-state index contributed by atoms with van der Waals surface area (Å²) >= 11 is 5.51. The van der Waals surface area contributed by atoms with E-state index in [1.165, 1.54) is 45.3 Å². The number of carboxylic acids is 4. The average molecular weight is 1130 g/mol. The van der Waals surface area contributed by atoms with E-state index in [1.807, 2.05) is 50.2 Å². The van der Waals surface area contributed by atoms with Gasteiger partial charge >= 0.3 is 23.9 Å². The van der Waals surface area contributed by atoms with E-state index in [1.54, 1.807) is 53.7 Å². The molecule has 4 aromatic rings. The third-order valence-electron chi connectivity index (χ3n) is 13.3. The third kappa shape index (κ3) is 17.3. The average Bonchev–Trinajstić information content (AvgIpc) is 4.24.